The second kappa shape index (κ2) is 10.00. The lowest BCUT2D eigenvalue weighted by Crippen LogP contribution is -2.44. The fourth-order valence-electron chi connectivity index (χ4n) is 3.98. The summed E-state index contributed by atoms with van der Waals surface area (Å²) in [5.74, 6) is 0.406. The minimum atomic E-state index is -0.402. The average molecular weight is 415 g/mol. The van der Waals surface area contributed by atoms with E-state index in [0.29, 0.717) is 31.7 Å². The van der Waals surface area contributed by atoms with Crippen LogP contribution in [0, 0.1) is 5.92 Å². The topological polar surface area (TPSA) is 74.3 Å². The van der Waals surface area contributed by atoms with E-state index in [4.69, 9.17) is 0 Å². The third-order valence-electron chi connectivity index (χ3n) is 5.59. The summed E-state index contributed by atoms with van der Waals surface area (Å²) >= 11 is 0. The number of carbonyl (C=O) groups excluding carboxylic acids is 2. The predicted molar refractivity (Wildman–Crippen MR) is 121 cm³/mol. The van der Waals surface area contributed by atoms with Gasteiger partial charge in [-0.15, -0.1) is 0 Å². The molecular formula is C25H26N4O2. The smallest absolute Gasteiger partial charge is 0.246 e. The molecule has 4 rings (SSSR count). The van der Waals surface area contributed by atoms with Gasteiger partial charge in [0.05, 0.1) is 0 Å². The molecule has 31 heavy (non-hydrogen) atoms. The molecule has 1 fully saturated rings. The molecule has 2 aromatic carbocycles. The number of para-hydroxylation sites is 1. The molecule has 2 heterocycles. The molecule has 6 heteroatoms. The van der Waals surface area contributed by atoms with Crippen LogP contribution in [-0.4, -0.2) is 34.8 Å². The summed E-state index contributed by atoms with van der Waals surface area (Å²) in [5.41, 5.74) is 1.73. The monoisotopic (exact) mass is 414 g/mol. The van der Waals surface area contributed by atoms with Crippen molar-refractivity contribution in [3.63, 3.8) is 0 Å². The summed E-state index contributed by atoms with van der Waals surface area (Å²) in [4.78, 5) is 32.2. The minimum absolute atomic E-state index is 0.0108. The van der Waals surface area contributed by atoms with Crippen LogP contribution in [0.4, 0.5) is 11.5 Å². The Morgan fingerprint density at radius 3 is 2.13 bits per heavy atom. The summed E-state index contributed by atoms with van der Waals surface area (Å²) in [6.45, 7) is 1.34. The van der Waals surface area contributed by atoms with E-state index in [1.54, 1.807) is 12.3 Å². The molecule has 3 aromatic rings. The number of nitrogens with zero attached hydrogens (tertiary/aromatic N) is 2. The quantitative estimate of drug-likeness (QED) is 0.637. The van der Waals surface area contributed by atoms with Gasteiger partial charge in [0.2, 0.25) is 11.8 Å². The number of benzene rings is 2. The van der Waals surface area contributed by atoms with Crippen LogP contribution < -0.4 is 10.6 Å². The first kappa shape index (κ1) is 20.8. The number of hydrogen-bond donors (Lipinski definition) is 2. The van der Waals surface area contributed by atoms with Crippen LogP contribution in [-0.2, 0) is 9.59 Å². The lowest BCUT2D eigenvalue weighted by molar-refractivity contribution is -0.124. The van der Waals surface area contributed by atoms with Gasteiger partial charge < -0.3 is 10.6 Å². The number of hydrogen-bond acceptors (Lipinski definition) is 4. The maximum absolute atomic E-state index is 13.2. The van der Waals surface area contributed by atoms with Gasteiger partial charge in [0.25, 0.3) is 0 Å². The number of amides is 2. The van der Waals surface area contributed by atoms with Crippen molar-refractivity contribution in [2.24, 2.45) is 5.92 Å². The Kier molecular flexibility index (Phi) is 6.69. The molecule has 0 radical (unpaired) electrons. The van der Waals surface area contributed by atoms with Crippen LogP contribution in [0.1, 0.15) is 24.4 Å². The standard InChI is InChI=1S/C25H26N4O2/c30-24(28-22-13-7-8-16-26-22)20-14-17-29(18-15-20)23(19-9-3-1-4-10-19)25(31)27-21-11-5-2-6-12-21/h1-13,16,20,23H,14-15,17-18H2,(H,27,31)(H,26,28,30)/t23-/m1/s1. The zero-order valence-electron chi connectivity index (χ0n) is 17.3. The molecule has 1 aliphatic heterocycles. The summed E-state index contributed by atoms with van der Waals surface area (Å²) < 4.78 is 0. The third kappa shape index (κ3) is 5.35. The van der Waals surface area contributed by atoms with Gasteiger partial charge in [-0.2, -0.15) is 0 Å². The van der Waals surface area contributed by atoms with E-state index in [9.17, 15) is 9.59 Å². The number of nitrogens with one attached hydrogen (secondary N) is 2. The van der Waals surface area contributed by atoms with E-state index in [1.165, 1.54) is 0 Å². The predicted octanol–water partition coefficient (Wildman–Crippen LogP) is 4.11. The fraction of sp³-hybridized carbons (Fsp3) is 0.240. The SMILES string of the molecule is O=C(Nc1ccccn1)C1CCN([C@@H](C(=O)Nc2ccccc2)c2ccccc2)CC1. The number of piperidine rings is 1. The second-order valence-electron chi connectivity index (χ2n) is 7.68. The molecule has 0 unspecified atom stereocenters. The molecular weight excluding hydrogens is 388 g/mol. The van der Waals surface area contributed by atoms with E-state index < -0.39 is 6.04 Å². The van der Waals surface area contributed by atoms with E-state index in [1.807, 2.05) is 72.8 Å². The van der Waals surface area contributed by atoms with Gasteiger partial charge in [-0.25, -0.2) is 4.98 Å². The van der Waals surface area contributed by atoms with Crippen LogP contribution in [0.2, 0.25) is 0 Å². The van der Waals surface area contributed by atoms with Crippen molar-refractivity contribution in [3.05, 3.63) is 90.6 Å². The van der Waals surface area contributed by atoms with Gasteiger partial charge in [-0.1, -0.05) is 54.6 Å². The Bertz CT molecular complexity index is 988. The Morgan fingerprint density at radius 2 is 1.48 bits per heavy atom. The van der Waals surface area contributed by atoms with Crippen molar-refractivity contribution in [2.75, 3.05) is 23.7 Å². The number of likely N-dealkylation sites (tertiary alicyclic amines) is 1. The van der Waals surface area contributed by atoms with E-state index in [0.717, 1.165) is 11.3 Å². The number of pyridine rings is 1. The van der Waals surface area contributed by atoms with E-state index in [-0.39, 0.29) is 17.7 Å². The normalized spacial score (nSPS) is 15.7. The molecule has 1 saturated heterocycles. The highest BCUT2D eigenvalue weighted by Gasteiger charge is 2.33. The highest BCUT2D eigenvalue weighted by Crippen LogP contribution is 2.29. The zero-order chi connectivity index (χ0) is 21.5. The van der Waals surface area contributed by atoms with E-state index in [2.05, 4.69) is 20.5 Å². The van der Waals surface area contributed by atoms with Crippen LogP contribution in [0.3, 0.4) is 0 Å². The first-order chi connectivity index (χ1) is 15.2. The molecule has 0 saturated carbocycles. The number of rotatable bonds is 6. The van der Waals surface area contributed by atoms with Crippen LogP contribution in [0.25, 0.3) is 0 Å². The number of anilines is 2. The van der Waals surface area contributed by atoms with Crippen molar-refractivity contribution in [3.8, 4) is 0 Å². The molecule has 1 aliphatic rings. The lowest BCUT2D eigenvalue weighted by Gasteiger charge is -2.36. The highest BCUT2D eigenvalue weighted by atomic mass is 16.2. The molecule has 6 nitrogen and oxygen atoms in total. The molecule has 1 atom stereocenters. The molecule has 0 bridgehead atoms. The first-order valence-corrected chi connectivity index (χ1v) is 10.6. The zero-order valence-corrected chi connectivity index (χ0v) is 17.3. The van der Waals surface area contributed by atoms with Crippen LogP contribution in [0.15, 0.2) is 85.1 Å². The van der Waals surface area contributed by atoms with Crippen molar-refractivity contribution in [2.45, 2.75) is 18.9 Å². The van der Waals surface area contributed by atoms with Gasteiger partial charge in [0, 0.05) is 17.8 Å². The Hall–Kier alpha value is -3.51. The highest BCUT2D eigenvalue weighted by molar-refractivity contribution is 5.95. The van der Waals surface area contributed by atoms with Crippen molar-refractivity contribution in [1.29, 1.82) is 0 Å². The molecule has 0 spiro atoms. The van der Waals surface area contributed by atoms with Crippen molar-refractivity contribution in [1.82, 2.24) is 9.88 Å². The Balaban J connectivity index is 1.43. The molecule has 1 aromatic heterocycles. The maximum Gasteiger partial charge on any atom is 0.246 e. The van der Waals surface area contributed by atoms with Gasteiger partial charge in [-0.3, -0.25) is 14.5 Å². The fourth-order valence-corrected chi connectivity index (χ4v) is 3.98. The van der Waals surface area contributed by atoms with Crippen LogP contribution >= 0.6 is 0 Å². The third-order valence-corrected chi connectivity index (χ3v) is 5.59. The molecule has 2 N–H and O–H groups in total. The summed E-state index contributed by atoms with van der Waals surface area (Å²) in [6, 6.07) is 24.3. The van der Waals surface area contributed by atoms with Gasteiger partial charge in [0.1, 0.15) is 11.9 Å². The van der Waals surface area contributed by atoms with Crippen LogP contribution in [0.5, 0.6) is 0 Å². The largest absolute Gasteiger partial charge is 0.324 e. The summed E-state index contributed by atoms with van der Waals surface area (Å²) in [6.07, 6.45) is 3.05. The second-order valence-corrected chi connectivity index (χ2v) is 7.68. The average Bonchev–Trinajstić information content (AvgIpc) is 2.82. The first-order valence-electron chi connectivity index (χ1n) is 10.6. The summed E-state index contributed by atoms with van der Waals surface area (Å²) in [5, 5.41) is 5.93. The maximum atomic E-state index is 13.2. The molecule has 2 amide bonds. The van der Waals surface area contributed by atoms with Crippen molar-refractivity contribution < 1.29 is 9.59 Å². The van der Waals surface area contributed by atoms with Crippen molar-refractivity contribution >= 4 is 23.3 Å². The Morgan fingerprint density at radius 1 is 0.839 bits per heavy atom. The van der Waals surface area contributed by atoms with Gasteiger partial charge in [-0.05, 0) is 55.8 Å². The minimum Gasteiger partial charge on any atom is -0.324 e. The molecule has 158 valence electrons. The van der Waals surface area contributed by atoms with Gasteiger partial charge in [0.15, 0.2) is 0 Å². The summed E-state index contributed by atoms with van der Waals surface area (Å²) in [7, 11) is 0. The number of carbonyl (C=O) groups is 2. The van der Waals surface area contributed by atoms with E-state index >= 15 is 0 Å². The molecule has 0 aliphatic carbocycles. The number of aromatic nitrogens is 1. The van der Waals surface area contributed by atoms with Gasteiger partial charge >= 0.3 is 0 Å². The lowest BCUT2D eigenvalue weighted by atomic mass is 9.93. The Labute approximate surface area is 182 Å².